The molecule has 122 valence electrons. The smallest absolute Gasteiger partial charge is 0.258 e. The molecule has 0 bridgehead atoms. The van der Waals surface area contributed by atoms with Crippen molar-refractivity contribution in [3.05, 3.63) is 59.7 Å². The molecule has 0 aliphatic heterocycles. The Hall–Kier alpha value is -2.49. The first-order valence-corrected chi connectivity index (χ1v) is 7.78. The number of ether oxygens (including phenoxy) is 1. The number of phenolic OH excluding ortho intramolecular Hbond substituents is 1. The van der Waals surface area contributed by atoms with Gasteiger partial charge in [0.05, 0.1) is 12.7 Å². The maximum Gasteiger partial charge on any atom is 0.258 e. The highest BCUT2D eigenvalue weighted by Gasteiger charge is 2.23. The second-order valence-electron chi connectivity index (χ2n) is 5.56. The molecule has 2 rings (SSSR count). The average molecular weight is 313 g/mol. The molecule has 4 nitrogen and oxygen atoms in total. The number of phenols is 1. The van der Waals surface area contributed by atoms with Gasteiger partial charge in [-0.2, -0.15) is 0 Å². The first kappa shape index (κ1) is 16.9. The molecule has 0 aliphatic rings. The summed E-state index contributed by atoms with van der Waals surface area (Å²) < 4.78 is 5.07. The fourth-order valence-corrected chi connectivity index (χ4v) is 2.40. The van der Waals surface area contributed by atoms with Gasteiger partial charge in [-0.25, -0.2) is 0 Å². The van der Waals surface area contributed by atoms with Crippen molar-refractivity contribution >= 4 is 5.91 Å². The lowest BCUT2D eigenvalue weighted by Gasteiger charge is -2.29. The SMILES string of the molecule is CCC(C)N(Cc1ccccc1)C(=O)c1ccc(OC)cc1O. The Kier molecular flexibility index (Phi) is 5.63. The van der Waals surface area contributed by atoms with Gasteiger partial charge in [-0.15, -0.1) is 0 Å². The summed E-state index contributed by atoms with van der Waals surface area (Å²) in [6, 6.07) is 14.7. The Labute approximate surface area is 137 Å². The van der Waals surface area contributed by atoms with Crippen LogP contribution in [0.25, 0.3) is 0 Å². The number of hydrogen-bond acceptors (Lipinski definition) is 3. The predicted molar refractivity (Wildman–Crippen MR) is 90.7 cm³/mol. The van der Waals surface area contributed by atoms with Gasteiger partial charge in [0.2, 0.25) is 0 Å². The van der Waals surface area contributed by atoms with Crippen molar-refractivity contribution in [2.45, 2.75) is 32.9 Å². The standard InChI is InChI=1S/C19H23NO3/c1-4-14(2)20(13-15-8-6-5-7-9-15)19(22)17-11-10-16(23-3)12-18(17)21/h5-12,14,21H,4,13H2,1-3H3. The zero-order chi connectivity index (χ0) is 16.8. The third-order valence-electron chi connectivity index (χ3n) is 4.01. The number of carbonyl (C=O) groups is 1. The van der Waals surface area contributed by atoms with Gasteiger partial charge in [0, 0.05) is 18.7 Å². The first-order valence-electron chi connectivity index (χ1n) is 7.78. The number of benzene rings is 2. The number of hydrogen-bond donors (Lipinski definition) is 1. The summed E-state index contributed by atoms with van der Waals surface area (Å²) in [6.45, 7) is 4.57. The van der Waals surface area contributed by atoms with Crippen LogP contribution in [0.1, 0.15) is 36.2 Å². The molecule has 1 amide bonds. The Morgan fingerprint density at radius 2 is 1.91 bits per heavy atom. The van der Waals surface area contributed by atoms with Crippen LogP contribution in [0.15, 0.2) is 48.5 Å². The molecule has 2 aromatic carbocycles. The molecule has 0 saturated heterocycles. The highest BCUT2D eigenvalue weighted by atomic mass is 16.5. The zero-order valence-electron chi connectivity index (χ0n) is 13.8. The van der Waals surface area contributed by atoms with Crippen molar-refractivity contribution in [1.29, 1.82) is 0 Å². The molecule has 23 heavy (non-hydrogen) atoms. The van der Waals surface area contributed by atoms with Gasteiger partial charge in [-0.3, -0.25) is 4.79 Å². The molecule has 0 saturated carbocycles. The highest BCUT2D eigenvalue weighted by molar-refractivity contribution is 5.97. The summed E-state index contributed by atoms with van der Waals surface area (Å²) in [5.41, 5.74) is 1.36. The zero-order valence-corrected chi connectivity index (χ0v) is 13.8. The Balaban J connectivity index is 2.30. The van der Waals surface area contributed by atoms with Crippen molar-refractivity contribution < 1.29 is 14.6 Å². The minimum absolute atomic E-state index is 0.0595. The Morgan fingerprint density at radius 3 is 2.48 bits per heavy atom. The van der Waals surface area contributed by atoms with Crippen LogP contribution in [0.2, 0.25) is 0 Å². The van der Waals surface area contributed by atoms with Crippen molar-refractivity contribution in [2.24, 2.45) is 0 Å². The van der Waals surface area contributed by atoms with Crippen molar-refractivity contribution in [2.75, 3.05) is 7.11 Å². The number of methoxy groups -OCH3 is 1. The van der Waals surface area contributed by atoms with E-state index in [2.05, 4.69) is 0 Å². The monoisotopic (exact) mass is 313 g/mol. The summed E-state index contributed by atoms with van der Waals surface area (Å²) in [7, 11) is 1.52. The summed E-state index contributed by atoms with van der Waals surface area (Å²) in [4.78, 5) is 14.7. The van der Waals surface area contributed by atoms with E-state index in [1.165, 1.54) is 13.2 Å². The molecule has 0 fully saturated rings. The van der Waals surface area contributed by atoms with E-state index in [4.69, 9.17) is 4.74 Å². The molecule has 1 unspecified atom stereocenters. The summed E-state index contributed by atoms with van der Waals surface area (Å²) >= 11 is 0. The van der Waals surface area contributed by atoms with Gasteiger partial charge in [0.1, 0.15) is 11.5 Å². The van der Waals surface area contributed by atoms with Crippen LogP contribution in [0.3, 0.4) is 0 Å². The molecular formula is C19H23NO3. The Morgan fingerprint density at radius 1 is 1.22 bits per heavy atom. The molecule has 0 aliphatic carbocycles. The van der Waals surface area contributed by atoms with Crippen LogP contribution >= 0.6 is 0 Å². The maximum atomic E-state index is 12.9. The van der Waals surface area contributed by atoms with Crippen LogP contribution in [0.4, 0.5) is 0 Å². The number of nitrogens with zero attached hydrogens (tertiary/aromatic N) is 1. The molecular weight excluding hydrogens is 290 g/mol. The largest absolute Gasteiger partial charge is 0.507 e. The minimum Gasteiger partial charge on any atom is -0.507 e. The molecule has 0 radical (unpaired) electrons. The number of aromatic hydroxyl groups is 1. The second kappa shape index (κ2) is 7.68. The van der Waals surface area contributed by atoms with E-state index in [-0.39, 0.29) is 17.7 Å². The van der Waals surface area contributed by atoms with E-state index in [9.17, 15) is 9.90 Å². The lowest BCUT2D eigenvalue weighted by atomic mass is 10.1. The van der Waals surface area contributed by atoms with Crippen molar-refractivity contribution in [3.8, 4) is 11.5 Å². The van der Waals surface area contributed by atoms with Gasteiger partial charge in [-0.05, 0) is 31.0 Å². The molecule has 0 spiro atoms. The summed E-state index contributed by atoms with van der Waals surface area (Å²) in [5, 5.41) is 10.1. The predicted octanol–water partition coefficient (Wildman–Crippen LogP) is 3.84. The van der Waals surface area contributed by atoms with E-state index in [1.807, 2.05) is 44.2 Å². The molecule has 1 N–H and O–H groups in total. The van der Waals surface area contributed by atoms with Crippen LogP contribution in [0.5, 0.6) is 11.5 Å². The van der Waals surface area contributed by atoms with E-state index < -0.39 is 0 Å². The summed E-state index contributed by atoms with van der Waals surface area (Å²) in [5.74, 6) is 0.288. The van der Waals surface area contributed by atoms with Gasteiger partial charge in [0.25, 0.3) is 5.91 Å². The van der Waals surface area contributed by atoms with E-state index >= 15 is 0 Å². The quantitative estimate of drug-likeness (QED) is 0.881. The fraction of sp³-hybridized carbons (Fsp3) is 0.316. The lowest BCUT2D eigenvalue weighted by Crippen LogP contribution is -2.37. The number of carbonyl (C=O) groups excluding carboxylic acids is 1. The van der Waals surface area contributed by atoms with Gasteiger partial charge >= 0.3 is 0 Å². The summed E-state index contributed by atoms with van der Waals surface area (Å²) in [6.07, 6.45) is 0.843. The number of amides is 1. The van der Waals surface area contributed by atoms with Crippen LogP contribution < -0.4 is 4.74 Å². The van der Waals surface area contributed by atoms with Crippen LogP contribution in [-0.2, 0) is 6.54 Å². The first-order chi connectivity index (χ1) is 11.1. The third kappa shape index (κ3) is 4.03. The van der Waals surface area contributed by atoms with Crippen LogP contribution in [-0.4, -0.2) is 29.1 Å². The van der Waals surface area contributed by atoms with Gasteiger partial charge in [0.15, 0.2) is 0 Å². The number of rotatable bonds is 6. The topological polar surface area (TPSA) is 49.8 Å². The maximum absolute atomic E-state index is 12.9. The van der Waals surface area contributed by atoms with Gasteiger partial charge in [-0.1, -0.05) is 37.3 Å². The van der Waals surface area contributed by atoms with Crippen molar-refractivity contribution in [3.63, 3.8) is 0 Å². The van der Waals surface area contributed by atoms with E-state index in [1.54, 1.807) is 17.0 Å². The second-order valence-corrected chi connectivity index (χ2v) is 5.56. The fourth-order valence-electron chi connectivity index (χ4n) is 2.40. The van der Waals surface area contributed by atoms with E-state index in [0.29, 0.717) is 17.9 Å². The van der Waals surface area contributed by atoms with Crippen molar-refractivity contribution in [1.82, 2.24) is 4.90 Å². The van der Waals surface area contributed by atoms with E-state index in [0.717, 1.165) is 12.0 Å². The lowest BCUT2D eigenvalue weighted by molar-refractivity contribution is 0.0668. The molecule has 4 heteroatoms. The molecule has 2 aromatic rings. The molecule has 0 aromatic heterocycles. The molecule has 1 atom stereocenters. The third-order valence-corrected chi connectivity index (χ3v) is 4.01. The van der Waals surface area contributed by atoms with Crippen LogP contribution in [0, 0.1) is 0 Å². The molecule has 0 heterocycles. The normalized spacial score (nSPS) is 11.8. The minimum atomic E-state index is -0.177. The highest BCUT2D eigenvalue weighted by Crippen LogP contribution is 2.26. The Bertz CT molecular complexity index is 655. The van der Waals surface area contributed by atoms with Gasteiger partial charge < -0.3 is 14.7 Å². The average Bonchev–Trinajstić information content (AvgIpc) is 2.59.